The van der Waals surface area contributed by atoms with E-state index in [1.165, 1.54) is 11.1 Å². The van der Waals surface area contributed by atoms with E-state index in [9.17, 15) is 0 Å². The molecule has 0 amide bonds. The predicted octanol–water partition coefficient (Wildman–Crippen LogP) is 1.35. The first-order valence-electron chi connectivity index (χ1n) is 7.86. The molecule has 118 valence electrons. The molecule has 0 radical (unpaired) electrons. The highest BCUT2D eigenvalue weighted by Crippen LogP contribution is 2.05. The van der Waals surface area contributed by atoms with Gasteiger partial charge < -0.3 is 15.0 Å². The van der Waals surface area contributed by atoms with E-state index in [-0.39, 0.29) is 6.10 Å². The van der Waals surface area contributed by atoms with Gasteiger partial charge in [-0.25, -0.2) is 0 Å². The van der Waals surface area contributed by atoms with Crippen LogP contribution in [0.4, 0.5) is 0 Å². The highest BCUT2D eigenvalue weighted by Gasteiger charge is 2.16. The zero-order valence-corrected chi connectivity index (χ0v) is 13.1. The van der Waals surface area contributed by atoms with E-state index in [0.717, 1.165) is 39.3 Å². The third kappa shape index (κ3) is 4.40. The van der Waals surface area contributed by atoms with Crippen molar-refractivity contribution in [2.24, 2.45) is 0 Å². The van der Waals surface area contributed by atoms with E-state index in [4.69, 9.17) is 4.74 Å². The highest BCUT2D eigenvalue weighted by molar-refractivity contribution is 5.15. The molecule has 1 N–H and O–H groups in total. The van der Waals surface area contributed by atoms with E-state index in [0.29, 0.717) is 0 Å². The van der Waals surface area contributed by atoms with Gasteiger partial charge in [0.1, 0.15) is 0 Å². The average Bonchev–Trinajstić information content (AvgIpc) is 2.96. The fourth-order valence-electron chi connectivity index (χ4n) is 2.72. The summed E-state index contributed by atoms with van der Waals surface area (Å²) in [6.45, 7) is 5.39. The van der Waals surface area contributed by atoms with Crippen molar-refractivity contribution >= 4 is 0 Å². The van der Waals surface area contributed by atoms with Gasteiger partial charge in [-0.3, -0.25) is 4.68 Å². The van der Waals surface area contributed by atoms with Gasteiger partial charge in [0, 0.05) is 37.9 Å². The largest absolute Gasteiger partial charge is 0.374 e. The van der Waals surface area contributed by atoms with Gasteiger partial charge in [-0.2, -0.15) is 5.10 Å². The maximum Gasteiger partial charge on any atom is 0.0826 e. The third-order valence-corrected chi connectivity index (χ3v) is 3.92. The maximum atomic E-state index is 5.75. The molecule has 1 aliphatic rings. The number of rotatable bonds is 6. The second-order valence-electron chi connectivity index (χ2n) is 5.92. The van der Waals surface area contributed by atoms with Crippen LogP contribution in [0, 0.1) is 0 Å². The predicted molar refractivity (Wildman–Crippen MR) is 86.7 cm³/mol. The molecule has 1 saturated heterocycles. The second kappa shape index (κ2) is 7.54. The van der Waals surface area contributed by atoms with Crippen LogP contribution in [-0.4, -0.2) is 54.1 Å². The van der Waals surface area contributed by atoms with Crippen LogP contribution < -0.4 is 5.32 Å². The van der Waals surface area contributed by atoms with E-state index >= 15 is 0 Å². The van der Waals surface area contributed by atoms with Crippen LogP contribution in [-0.2, 0) is 17.8 Å². The fourth-order valence-corrected chi connectivity index (χ4v) is 2.72. The zero-order valence-electron chi connectivity index (χ0n) is 13.1. The number of nitrogens with zero attached hydrogens (tertiary/aromatic N) is 3. The summed E-state index contributed by atoms with van der Waals surface area (Å²) in [6, 6.07) is 10.4. The van der Waals surface area contributed by atoms with E-state index < -0.39 is 0 Å². The van der Waals surface area contributed by atoms with Gasteiger partial charge in [-0.05, 0) is 12.6 Å². The first-order valence-corrected chi connectivity index (χ1v) is 7.86. The Balaban J connectivity index is 1.44. The molecule has 1 atom stereocenters. The van der Waals surface area contributed by atoms with Crippen molar-refractivity contribution in [1.29, 1.82) is 0 Å². The van der Waals surface area contributed by atoms with Crippen molar-refractivity contribution in [3.8, 4) is 0 Å². The molecular formula is C17H24N4O. The van der Waals surface area contributed by atoms with Crippen LogP contribution in [0.1, 0.15) is 11.1 Å². The van der Waals surface area contributed by atoms with Gasteiger partial charge in [-0.1, -0.05) is 30.3 Å². The molecule has 1 aliphatic heterocycles. The molecule has 22 heavy (non-hydrogen) atoms. The zero-order chi connectivity index (χ0) is 15.2. The lowest BCUT2D eigenvalue weighted by molar-refractivity contribution is -0.0182. The van der Waals surface area contributed by atoms with Crippen molar-refractivity contribution in [2.45, 2.75) is 19.2 Å². The molecule has 5 heteroatoms. The Bertz CT molecular complexity index is 569. The lowest BCUT2D eigenvalue weighted by Gasteiger charge is -2.30. The van der Waals surface area contributed by atoms with Crippen molar-refractivity contribution < 1.29 is 4.74 Å². The molecule has 0 aliphatic carbocycles. The van der Waals surface area contributed by atoms with Crippen LogP contribution in [0.2, 0.25) is 0 Å². The van der Waals surface area contributed by atoms with Gasteiger partial charge in [0.2, 0.25) is 0 Å². The standard InChI is InChI=1S/C17H24N4O/c1-20-7-8-22-17(14-20)11-18-9-16-10-19-21(13-16)12-15-5-3-2-4-6-15/h2-6,10,13,17-18H,7-9,11-12,14H2,1H3/t17-/m1/s1. The Labute approximate surface area is 131 Å². The summed E-state index contributed by atoms with van der Waals surface area (Å²) in [4.78, 5) is 2.31. The van der Waals surface area contributed by atoms with Crippen molar-refractivity contribution in [3.63, 3.8) is 0 Å². The first-order chi connectivity index (χ1) is 10.8. The van der Waals surface area contributed by atoms with E-state index in [2.05, 4.69) is 52.8 Å². The SMILES string of the molecule is CN1CCO[C@H](CNCc2cnn(Cc3ccccc3)c2)C1. The summed E-state index contributed by atoms with van der Waals surface area (Å²) in [5.74, 6) is 0. The molecule has 1 fully saturated rings. The minimum Gasteiger partial charge on any atom is -0.374 e. The topological polar surface area (TPSA) is 42.3 Å². The van der Waals surface area contributed by atoms with Crippen LogP contribution in [0.25, 0.3) is 0 Å². The Kier molecular flexibility index (Phi) is 5.21. The second-order valence-corrected chi connectivity index (χ2v) is 5.92. The quantitative estimate of drug-likeness (QED) is 0.874. The Morgan fingerprint density at radius 1 is 1.27 bits per heavy atom. The normalized spacial score (nSPS) is 19.4. The van der Waals surface area contributed by atoms with Crippen LogP contribution in [0.3, 0.4) is 0 Å². The number of morpholine rings is 1. The maximum absolute atomic E-state index is 5.75. The molecular weight excluding hydrogens is 276 g/mol. The fraction of sp³-hybridized carbons (Fsp3) is 0.471. The molecule has 0 saturated carbocycles. The molecule has 5 nitrogen and oxygen atoms in total. The van der Waals surface area contributed by atoms with Crippen LogP contribution in [0.5, 0.6) is 0 Å². The molecule has 1 aromatic heterocycles. The molecule has 3 rings (SSSR count). The van der Waals surface area contributed by atoms with Gasteiger partial charge >= 0.3 is 0 Å². The molecule has 0 bridgehead atoms. The summed E-state index contributed by atoms with van der Waals surface area (Å²) in [5, 5.41) is 7.89. The number of hydrogen-bond donors (Lipinski definition) is 1. The van der Waals surface area contributed by atoms with Crippen LogP contribution >= 0.6 is 0 Å². The lowest BCUT2D eigenvalue weighted by atomic mass is 10.2. The smallest absolute Gasteiger partial charge is 0.0826 e. The molecule has 0 unspecified atom stereocenters. The third-order valence-electron chi connectivity index (χ3n) is 3.92. The van der Waals surface area contributed by atoms with Crippen molar-refractivity contribution in [3.05, 3.63) is 53.9 Å². The molecule has 2 heterocycles. The number of ether oxygens (including phenoxy) is 1. The highest BCUT2D eigenvalue weighted by atomic mass is 16.5. The van der Waals surface area contributed by atoms with E-state index in [1.807, 2.05) is 16.9 Å². The number of nitrogens with one attached hydrogen (secondary N) is 1. The lowest BCUT2D eigenvalue weighted by Crippen LogP contribution is -2.44. The summed E-state index contributed by atoms with van der Waals surface area (Å²) in [5.41, 5.74) is 2.48. The van der Waals surface area contributed by atoms with Gasteiger partial charge in [0.05, 0.1) is 25.5 Å². The summed E-state index contributed by atoms with van der Waals surface area (Å²) in [7, 11) is 2.14. The number of aromatic nitrogens is 2. The monoisotopic (exact) mass is 300 g/mol. The van der Waals surface area contributed by atoms with Crippen LogP contribution in [0.15, 0.2) is 42.7 Å². The van der Waals surface area contributed by atoms with Crippen molar-refractivity contribution in [1.82, 2.24) is 20.0 Å². The van der Waals surface area contributed by atoms with E-state index in [1.54, 1.807) is 0 Å². The Morgan fingerprint density at radius 3 is 2.95 bits per heavy atom. The minimum atomic E-state index is 0.290. The molecule has 1 aromatic carbocycles. The van der Waals surface area contributed by atoms with Gasteiger partial charge in [-0.15, -0.1) is 0 Å². The molecule has 0 spiro atoms. The first kappa shape index (κ1) is 15.2. The Hall–Kier alpha value is -1.69. The summed E-state index contributed by atoms with van der Waals surface area (Å²) < 4.78 is 7.73. The van der Waals surface area contributed by atoms with Gasteiger partial charge in [0.25, 0.3) is 0 Å². The minimum absolute atomic E-state index is 0.290. The Morgan fingerprint density at radius 2 is 2.14 bits per heavy atom. The average molecular weight is 300 g/mol. The number of hydrogen-bond acceptors (Lipinski definition) is 4. The number of benzene rings is 1. The summed E-state index contributed by atoms with van der Waals surface area (Å²) in [6.07, 6.45) is 4.33. The number of likely N-dealkylation sites (N-methyl/N-ethyl adjacent to an activating group) is 1. The van der Waals surface area contributed by atoms with Gasteiger partial charge in [0.15, 0.2) is 0 Å². The van der Waals surface area contributed by atoms with Crippen molar-refractivity contribution in [2.75, 3.05) is 33.3 Å². The molecule has 2 aromatic rings. The summed E-state index contributed by atoms with van der Waals surface area (Å²) >= 11 is 0.